The van der Waals surface area contributed by atoms with E-state index in [-0.39, 0.29) is 23.3 Å². The van der Waals surface area contributed by atoms with Crippen molar-refractivity contribution in [1.82, 2.24) is 19.4 Å². The Morgan fingerprint density at radius 3 is 2.85 bits per heavy atom. The van der Waals surface area contributed by atoms with Crippen LogP contribution in [0, 0.1) is 0 Å². The second kappa shape index (κ2) is 9.19. The minimum atomic E-state index is -0.121. The molecule has 0 unspecified atom stereocenters. The van der Waals surface area contributed by atoms with E-state index in [2.05, 4.69) is 13.0 Å². The van der Waals surface area contributed by atoms with Gasteiger partial charge >= 0.3 is 0 Å². The molecule has 4 aromatic rings. The number of thiazole rings is 1. The number of thiophene rings is 1. The van der Waals surface area contributed by atoms with E-state index in [1.807, 2.05) is 32.2 Å². The van der Waals surface area contributed by atoms with E-state index in [4.69, 9.17) is 9.97 Å². The van der Waals surface area contributed by atoms with Crippen LogP contribution in [0.3, 0.4) is 0 Å². The maximum atomic E-state index is 13.3. The molecule has 0 N–H and O–H groups in total. The molecule has 172 valence electrons. The number of amides is 1. The maximum absolute atomic E-state index is 13.3. The molecule has 6 nitrogen and oxygen atoms in total. The lowest BCUT2D eigenvalue weighted by Crippen LogP contribution is -2.31. The Bertz CT molecular complexity index is 1370. The average molecular weight is 499 g/mol. The van der Waals surface area contributed by atoms with Crippen LogP contribution in [-0.4, -0.2) is 38.1 Å². The van der Waals surface area contributed by atoms with Crippen LogP contribution in [0.15, 0.2) is 34.2 Å². The summed E-state index contributed by atoms with van der Waals surface area (Å²) in [6, 6.07) is 7.90. The topological polar surface area (TPSA) is 68.1 Å². The number of carbonyl (C=O) groups excluding carboxylic acids is 1. The van der Waals surface area contributed by atoms with Crippen LogP contribution in [0.5, 0.6) is 0 Å². The third-order valence-electron chi connectivity index (χ3n) is 6.20. The lowest BCUT2D eigenvalue weighted by Gasteiger charge is -2.23. The number of benzene rings is 1. The number of hydrogen-bond acceptors (Lipinski definition) is 7. The lowest BCUT2D eigenvalue weighted by molar-refractivity contribution is -0.128. The molecule has 0 spiro atoms. The highest BCUT2D eigenvalue weighted by Gasteiger charge is 2.25. The SMILES string of the molecule is CCCn1c(SCC(=O)N(C)[C@@H](C)c2nc3ccccc3s2)nc2sc3c(c2c1=O)CCC3. The Labute approximate surface area is 204 Å². The van der Waals surface area contributed by atoms with Crippen molar-refractivity contribution in [3.05, 3.63) is 50.1 Å². The maximum Gasteiger partial charge on any atom is 0.263 e. The van der Waals surface area contributed by atoms with Crippen LogP contribution in [0.2, 0.25) is 0 Å². The molecule has 0 fully saturated rings. The monoisotopic (exact) mass is 498 g/mol. The van der Waals surface area contributed by atoms with Gasteiger partial charge in [-0.05, 0) is 50.3 Å². The minimum absolute atomic E-state index is 0.00201. The summed E-state index contributed by atoms with van der Waals surface area (Å²) in [5.41, 5.74) is 2.21. The van der Waals surface area contributed by atoms with E-state index in [0.717, 1.165) is 51.1 Å². The molecular formula is C24H26N4O2S3. The summed E-state index contributed by atoms with van der Waals surface area (Å²) in [6.07, 6.45) is 3.97. The predicted octanol–water partition coefficient (Wildman–Crippen LogP) is 5.28. The van der Waals surface area contributed by atoms with Crippen molar-refractivity contribution < 1.29 is 4.79 Å². The molecule has 1 aromatic carbocycles. The summed E-state index contributed by atoms with van der Waals surface area (Å²) >= 11 is 4.63. The quantitative estimate of drug-likeness (QED) is 0.256. The van der Waals surface area contributed by atoms with E-state index in [1.165, 1.54) is 22.2 Å². The second-order valence-electron chi connectivity index (χ2n) is 8.38. The number of nitrogens with zero attached hydrogens (tertiary/aromatic N) is 4. The number of hydrogen-bond donors (Lipinski definition) is 0. The average Bonchev–Trinajstić information content (AvgIpc) is 3.52. The molecule has 33 heavy (non-hydrogen) atoms. The summed E-state index contributed by atoms with van der Waals surface area (Å²) in [5, 5.41) is 2.37. The van der Waals surface area contributed by atoms with Gasteiger partial charge in [-0.3, -0.25) is 14.2 Å². The van der Waals surface area contributed by atoms with Crippen LogP contribution in [-0.2, 0) is 24.2 Å². The van der Waals surface area contributed by atoms with Gasteiger partial charge in [0.25, 0.3) is 5.56 Å². The van der Waals surface area contributed by atoms with Crippen LogP contribution in [0.1, 0.15) is 48.2 Å². The number of carbonyl (C=O) groups is 1. The highest BCUT2D eigenvalue weighted by molar-refractivity contribution is 7.99. The van der Waals surface area contributed by atoms with Crippen molar-refractivity contribution in [2.75, 3.05) is 12.8 Å². The first-order valence-electron chi connectivity index (χ1n) is 11.3. The number of thioether (sulfide) groups is 1. The zero-order valence-corrected chi connectivity index (χ0v) is 21.4. The summed E-state index contributed by atoms with van der Waals surface area (Å²) < 4.78 is 2.89. The number of fused-ring (bicyclic) bond motifs is 4. The highest BCUT2D eigenvalue weighted by Crippen LogP contribution is 2.36. The van der Waals surface area contributed by atoms with Gasteiger partial charge in [-0.25, -0.2) is 9.97 Å². The summed E-state index contributed by atoms with van der Waals surface area (Å²) in [5.74, 6) is 0.233. The molecule has 3 heterocycles. The number of para-hydroxylation sites is 1. The Morgan fingerprint density at radius 2 is 2.06 bits per heavy atom. The van der Waals surface area contributed by atoms with E-state index >= 15 is 0 Å². The molecule has 1 amide bonds. The van der Waals surface area contributed by atoms with Gasteiger partial charge in [-0.15, -0.1) is 22.7 Å². The van der Waals surface area contributed by atoms with Gasteiger partial charge in [0, 0.05) is 18.5 Å². The van der Waals surface area contributed by atoms with Gasteiger partial charge in [-0.1, -0.05) is 30.8 Å². The molecule has 9 heteroatoms. The van der Waals surface area contributed by atoms with Crippen LogP contribution in [0.25, 0.3) is 20.4 Å². The minimum Gasteiger partial charge on any atom is -0.336 e. The number of aromatic nitrogens is 3. The first kappa shape index (κ1) is 22.6. The van der Waals surface area contributed by atoms with Crippen molar-refractivity contribution in [2.24, 2.45) is 0 Å². The zero-order chi connectivity index (χ0) is 23.1. The molecule has 5 rings (SSSR count). The van der Waals surface area contributed by atoms with Crippen molar-refractivity contribution in [3.8, 4) is 0 Å². The number of rotatable bonds is 7. The van der Waals surface area contributed by atoms with Crippen molar-refractivity contribution in [2.45, 2.75) is 57.3 Å². The normalized spacial score (nSPS) is 14.2. The van der Waals surface area contributed by atoms with Crippen LogP contribution in [0.4, 0.5) is 0 Å². The van der Waals surface area contributed by atoms with Crippen molar-refractivity contribution >= 4 is 60.8 Å². The Hall–Kier alpha value is -2.23. The van der Waals surface area contributed by atoms with Gasteiger partial charge in [0.05, 0.1) is 27.4 Å². The zero-order valence-electron chi connectivity index (χ0n) is 19.0. The summed E-state index contributed by atoms with van der Waals surface area (Å²) in [7, 11) is 1.82. The smallest absolute Gasteiger partial charge is 0.263 e. The third-order valence-corrected chi connectivity index (χ3v) is 9.56. The fourth-order valence-electron chi connectivity index (χ4n) is 4.27. The molecule has 1 aliphatic rings. The molecule has 1 atom stereocenters. The molecule has 0 aliphatic heterocycles. The first-order valence-corrected chi connectivity index (χ1v) is 13.9. The third kappa shape index (κ3) is 4.11. The Morgan fingerprint density at radius 1 is 1.24 bits per heavy atom. The van der Waals surface area contributed by atoms with Gasteiger partial charge in [0.2, 0.25) is 5.91 Å². The molecule has 0 saturated heterocycles. The van der Waals surface area contributed by atoms with Crippen LogP contribution >= 0.6 is 34.4 Å². The van der Waals surface area contributed by atoms with Crippen LogP contribution < -0.4 is 5.56 Å². The largest absolute Gasteiger partial charge is 0.336 e. The fraction of sp³-hybridized carbons (Fsp3) is 0.417. The Balaban J connectivity index is 1.36. The van der Waals surface area contributed by atoms with Crippen molar-refractivity contribution in [3.63, 3.8) is 0 Å². The molecule has 0 bridgehead atoms. The summed E-state index contributed by atoms with van der Waals surface area (Å²) in [4.78, 5) is 39.8. The van der Waals surface area contributed by atoms with Gasteiger partial charge in [-0.2, -0.15) is 0 Å². The molecule has 3 aromatic heterocycles. The van der Waals surface area contributed by atoms with Gasteiger partial charge < -0.3 is 4.90 Å². The second-order valence-corrected chi connectivity index (χ2v) is 11.5. The van der Waals surface area contributed by atoms with E-state index in [9.17, 15) is 9.59 Å². The highest BCUT2D eigenvalue weighted by atomic mass is 32.2. The molecule has 0 radical (unpaired) electrons. The molecule has 0 saturated carbocycles. The predicted molar refractivity (Wildman–Crippen MR) is 138 cm³/mol. The van der Waals surface area contributed by atoms with E-state index < -0.39 is 0 Å². The fourth-order valence-corrected chi connectivity index (χ4v) is 7.58. The van der Waals surface area contributed by atoms with E-state index in [0.29, 0.717) is 11.7 Å². The first-order chi connectivity index (χ1) is 16.0. The summed E-state index contributed by atoms with van der Waals surface area (Å²) in [6.45, 7) is 4.67. The lowest BCUT2D eigenvalue weighted by atomic mass is 10.2. The van der Waals surface area contributed by atoms with E-state index in [1.54, 1.807) is 32.1 Å². The molecule has 1 aliphatic carbocycles. The Kier molecular flexibility index (Phi) is 6.28. The standard InChI is InChI=1S/C24H26N4O2S3/c1-4-12-28-23(30)20-15-8-7-11-17(15)32-22(20)26-24(28)31-13-19(29)27(3)14(2)21-25-16-9-5-6-10-18(16)33-21/h5-6,9-10,14H,4,7-8,11-13H2,1-3H3/t14-/m0/s1. The molecular weight excluding hydrogens is 472 g/mol. The number of aryl methyl sites for hydroxylation is 2. The van der Waals surface area contributed by atoms with Gasteiger partial charge in [0.1, 0.15) is 9.84 Å². The van der Waals surface area contributed by atoms with Gasteiger partial charge in [0.15, 0.2) is 5.16 Å². The van der Waals surface area contributed by atoms with Crippen molar-refractivity contribution in [1.29, 1.82) is 0 Å².